The number of primary sulfonamides is 1. The Labute approximate surface area is 130 Å². The number of nitrogens with two attached hydrogens (primary N) is 1. The molecule has 0 fully saturated rings. The van der Waals surface area contributed by atoms with E-state index in [0.29, 0.717) is 21.0 Å². The first kappa shape index (κ1) is 15.3. The van der Waals surface area contributed by atoms with E-state index in [2.05, 4.69) is 15.9 Å². The Morgan fingerprint density at radius 3 is 2.45 bits per heavy atom. The molecule has 2 aromatic rings. The summed E-state index contributed by atoms with van der Waals surface area (Å²) in [6.07, 6.45) is 0. The van der Waals surface area contributed by atoms with Gasteiger partial charge < -0.3 is 4.74 Å². The molecule has 0 aliphatic heterocycles. The minimum atomic E-state index is -3.74. The standard InChI is InChI=1S/C13H11BrClNO3S/c1-8-2-3-9(15)6-13(8)19-12-5-4-10(7-11(12)14)20(16,17)18/h2-7H,1H3,(H2,16,17,18). The zero-order valence-electron chi connectivity index (χ0n) is 10.4. The van der Waals surface area contributed by atoms with Crippen LogP contribution in [0.4, 0.5) is 0 Å². The highest BCUT2D eigenvalue weighted by Gasteiger charge is 2.12. The van der Waals surface area contributed by atoms with Gasteiger partial charge in [0.15, 0.2) is 0 Å². The van der Waals surface area contributed by atoms with E-state index in [9.17, 15) is 8.42 Å². The van der Waals surface area contributed by atoms with Crippen LogP contribution in [0.1, 0.15) is 5.56 Å². The molecule has 0 heterocycles. The molecule has 2 N–H and O–H groups in total. The van der Waals surface area contributed by atoms with Gasteiger partial charge in [-0.25, -0.2) is 13.6 Å². The molecule has 0 bridgehead atoms. The molecule has 106 valence electrons. The molecule has 2 rings (SSSR count). The van der Waals surface area contributed by atoms with Crippen LogP contribution >= 0.6 is 27.5 Å². The number of aryl methyl sites for hydroxylation is 1. The quantitative estimate of drug-likeness (QED) is 0.884. The van der Waals surface area contributed by atoms with E-state index in [1.54, 1.807) is 12.1 Å². The zero-order chi connectivity index (χ0) is 14.9. The second kappa shape index (κ2) is 5.73. The lowest BCUT2D eigenvalue weighted by atomic mass is 10.2. The molecule has 2 aromatic carbocycles. The highest BCUT2D eigenvalue weighted by molar-refractivity contribution is 9.10. The molecule has 0 aliphatic carbocycles. The van der Waals surface area contributed by atoms with Gasteiger partial charge in [-0.05, 0) is 58.7 Å². The molecule has 0 saturated carbocycles. The van der Waals surface area contributed by atoms with Gasteiger partial charge in [-0.2, -0.15) is 0 Å². The maximum atomic E-state index is 11.3. The lowest BCUT2D eigenvalue weighted by molar-refractivity contribution is 0.475. The number of hydrogen-bond acceptors (Lipinski definition) is 3. The predicted octanol–water partition coefficient (Wildman–Crippen LogP) is 3.85. The summed E-state index contributed by atoms with van der Waals surface area (Å²) in [6.45, 7) is 1.89. The Balaban J connectivity index is 2.38. The van der Waals surface area contributed by atoms with E-state index >= 15 is 0 Å². The van der Waals surface area contributed by atoms with E-state index in [0.717, 1.165) is 5.56 Å². The number of sulfonamides is 1. The highest BCUT2D eigenvalue weighted by atomic mass is 79.9. The van der Waals surface area contributed by atoms with Crippen LogP contribution in [0, 0.1) is 6.92 Å². The number of rotatable bonds is 3. The van der Waals surface area contributed by atoms with Crippen molar-refractivity contribution in [1.29, 1.82) is 0 Å². The SMILES string of the molecule is Cc1ccc(Cl)cc1Oc1ccc(S(N)(=O)=O)cc1Br. The maximum absolute atomic E-state index is 11.3. The maximum Gasteiger partial charge on any atom is 0.238 e. The van der Waals surface area contributed by atoms with Crippen molar-refractivity contribution in [3.63, 3.8) is 0 Å². The van der Waals surface area contributed by atoms with Crippen molar-refractivity contribution in [3.05, 3.63) is 51.5 Å². The normalized spacial score (nSPS) is 11.4. The van der Waals surface area contributed by atoms with Crippen LogP contribution in [0.25, 0.3) is 0 Å². The summed E-state index contributed by atoms with van der Waals surface area (Å²) in [6, 6.07) is 9.61. The van der Waals surface area contributed by atoms with E-state index in [1.807, 2.05) is 13.0 Å². The third-order valence-corrected chi connectivity index (χ3v) is 4.37. The van der Waals surface area contributed by atoms with E-state index in [4.69, 9.17) is 21.5 Å². The topological polar surface area (TPSA) is 69.4 Å². The highest BCUT2D eigenvalue weighted by Crippen LogP contribution is 2.33. The molecule has 0 amide bonds. The monoisotopic (exact) mass is 375 g/mol. The third kappa shape index (κ3) is 3.52. The number of ether oxygens (including phenoxy) is 1. The van der Waals surface area contributed by atoms with Crippen molar-refractivity contribution in [2.75, 3.05) is 0 Å². The van der Waals surface area contributed by atoms with Crippen LogP contribution in [-0.4, -0.2) is 8.42 Å². The second-order valence-electron chi connectivity index (χ2n) is 4.15. The molecule has 7 heteroatoms. The third-order valence-electron chi connectivity index (χ3n) is 2.60. The van der Waals surface area contributed by atoms with Crippen molar-refractivity contribution in [2.45, 2.75) is 11.8 Å². The van der Waals surface area contributed by atoms with Crippen LogP contribution in [0.5, 0.6) is 11.5 Å². The van der Waals surface area contributed by atoms with Gasteiger partial charge in [0.2, 0.25) is 10.0 Å². The first-order valence-corrected chi connectivity index (χ1v) is 8.25. The zero-order valence-corrected chi connectivity index (χ0v) is 13.6. The van der Waals surface area contributed by atoms with Crippen LogP contribution in [0.2, 0.25) is 5.02 Å². The number of hydrogen-bond donors (Lipinski definition) is 1. The predicted molar refractivity (Wildman–Crippen MR) is 81.8 cm³/mol. The van der Waals surface area contributed by atoms with Crippen LogP contribution in [0.3, 0.4) is 0 Å². The molecular weight excluding hydrogens is 366 g/mol. The van der Waals surface area contributed by atoms with Crippen molar-refractivity contribution in [3.8, 4) is 11.5 Å². The second-order valence-corrected chi connectivity index (χ2v) is 7.00. The smallest absolute Gasteiger partial charge is 0.238 e. The van der Waals surface area contributed by atoms with Gasteiger partial charge in [0.05, 0.1) is 9.37 Å². The average molecular weight is 377 g/mol. The molecule has 0 aliphatic rings. The van der Waals surface area contributed by atoms with Crippen molar-refractivity contribution >= 4 is 37.6 Å². The van der Waals surface area contributed by atoms with Gasteiger partial charge in [-0.1, -0.05) is 17.7 Å². The van der Waals surface area contributed by atoms with Gasteiger partial charge in [0.1, 0.15) is 11.5 Å². The van der Waals surface area contributed by atoms with Gasteiger partial charge in [-0.15, -0.1) is 0 Å². The number of benzene rings is 2. The summed E-state index contributed by atoms with van der Waals surface area (Å²) in [5, 5.41) is 5.62. The molecule has 0 unspecified atom stereocenters. The Hall–Kier alpha value is -1.08. The fourth-order valence-corrected chi connectivity index (χ4v) is 2.86. The molecule has 0 saturated heterocycles. The summed E-state index contributed by atoms with van der Waals surface area (Å²) in [7, 11) is -3.74. The first-order valence-electron chi connectivity index (χ1n) is 5.54. The summed E-state index contributed by atoms with van der Waals surface area (Å²) in [5.41, 5.74) is 0.914. The fraction of sp³-hybridized carbons (Fsp3) is 0.0769. The summed E-state index contributed by atoms with van der Waals surface area (Å²) in [5.74, 6) is 1.07. The Bertz CT molecular complexity index is 762. The molecule has 4 nitrogen and oxygen atoms in total. The van der Waals surface area contributed by atoms with E-state index in [-0.39, 0.29) is 4.90 Å². The minimum absolute atomic E-state index is 0.0135. The van der Waals surface area contributed by atoms with Crippen molar-refractivity contribution in [2.24, 2.45) is 5.14 Å². The van der Waals surface area contributed by atoms with Crippen molar-refractivity contribution < 1.29 is 13.2 Å². The first-order chi connectivity index (χ1) is 9.27. The van der Waals surface area contributed by atoms with Crippen LogP contribution < -0.4 is 9.88 Å². The lowest BCUT2D eigenvalue weighted by Crippen LogP contribution is -2.11. The summed E-state index contributed by atoms with van der Waals surface area (Å²) in [4.78, 5) is 0.0135. The molecule has 0 atom stereocenters. The van der Waals surface area contributed by atoms with Crippen LogP contribution in [0.15, 0.2) is 45.8 Å². The largest absolute Gasteiger partial charge is 0.456 e. The Morgan fingerprint density at radius 2 is 1.85 bits per heavy atom. The molecular formula is C13H11BrClNO3S. The van der Waals surface area contributed by atoms with Gasteiger partial charge in [-0.3, -0.25) is 0 Å². The van der Waals surface area contributed by atoms with Gasteiger partial charge >= 0.3 is 0 Å². The Morgan fingerprint density at radius 1 is 1.15 bits per heavy atom. The van der Waals surface area contributed by atoms with E-state index < -0.39 is 10.0 Å². The van der Waals surface area contributed by atoms with Gasteiger partial charge in [0, 0.05) is 5.02 Å². The molecule has 0 radical (unpaired) electrons. The number of halogens is 2. The molecule has 20 heavy (non-hydrogen) atoms. The lowest BCUT2D eigenvalue weighted by Gasteiger charge is -2.11. The van der Waals surface area contributed by atoms with Crippen molar-refractivity contribution in [1.82, 2.24) is 0 Å². The summed E-state index contributed by atoms with van der Waals surface area (Å²) >= 11 is 9.18. The summed E-state index contributed by atoms with van der Waals surface area (Å²) < 4.78 is 28.7. The Kier molecular flexibility index (Phi) is 4.39. The minimum Gasteiger partial charge on any atom is -0.456 e. The van der Waals surface area contributed by atoms with Crippen LogP contribution in [-0.2, 0) is 10.0 Å². The molecule has 0 aromatic heterocycles. The fourth-order valence-electron chi connectivity index (χ4n) is 1.54. The van der Waals surface area contributed by atoms with E-state index in [1.165, 1.54) is 18.2 Å². The van der Waals surface area contributed by atoms with Gasteiger partial charge in [0.25, 0.3) is 0 Å². The molecule has 0 spiro atoms. The average Bonchev–Trinajstić information content (AvgIpc) is 2.35.